The van der Waals surface area contributed by atoms with E-state index in [1.165, 1.54) is 17.0 Å². The number of hydrogen-bond donors (Lipinski definition) is 0. The molecule has 0 saturated carbocycles. The molecule has 8 heteroatoms. The number of benzene rings is 2. The molecule has 0 atom stereocenters. The van der Waals surface area contributed by atoms with Crippen molar-refractivity contribution in [1.82, 2.24) is 9.88 Å². The molecule has 2 amide bonds. The highest BCUT2D eigenvalue weighted by Crippen LogP contribution is 2.46. The molecule has 1 aromatic heterocycles. The van der Waals surface area contributed by atoms with Gasteiger partial charge in [-0.25, -0.2) is 4.39 Å². The summed E-state index contributed by atoms with van der Waals surface area (Å²) in [4.78, 5) is 33.5. The van der Waals surface area contributed by atoms with Gasteiger partial charge in [-0.3, -0.25) is 19.5 Å². The Kier molecular flexibility index (Phi) is 8.07. The summed E-state index contributed by atoms with van der Waals surface area (Å²) in [6.07, 6.45) is 6.39. The SMILES string of the molecule is CC/C=C/COc1c2c(c(O[Si](CC)(CC)CC)c3ncccc13)C(=O)N(Cc1ccc(F)cc1)C2=O. The van der Waals surface area contributed by atoms with Crippen molar-refractivity contribution in [2.75, 3.05) is 6.61 Å². The van der Waals surface area contributed by atoms with E-state index >= 15 is 0 Å². The highest BCUT2D eigenvalue weighted by Gasteiger charge is 2.44. The van der Waals surface area contributed by atoms with E-state index < -0.39 is 20.1 Å². The first kappa shape index (κ1) is 26.5. The van der Waals surface area contributed by atoms with Crippen LogP contribution in [0.25, 0.3) is 10.9 Å². The number of allylic oxidation sites excluding steroid dienone is 1. The standard InChI is InChI=1S/C29H33FN2O4Si/c1-5-9-10-18-35-26-22-12-11-17-31-25(22)27(36-37(6-2,7-3)8-4)24-23(26)28(33)32(29(24)34)19-20-13-15-21(30)16-14-20/h9-17H,5-8,18-19H2,1-4H3/b10-9+. The maximum absolute atomic E-state index is 13.9. The Bertz CT molecular complexity index is 1330. The normalized spacial score (nSPS) is 13.6. The van der Waals surface area contributed by atoms with Crippen LogP contribution in [0, 0.1) is 5.82 Å². The fraction of sp³-hybridized carbons (Fsp3) is 0.345. The number of fused-ring (bicyclic) bond motifs is 2. The molecule has 0 fully saturated rings. The Morgan fingerprint density at radius 3 is 2.19 bits per heavy atom. The maximum Gasteiger partial charge on any atom is 0.265 e. The van der Waals surface area contributed by atoms with Crippen molar-refractivity contribution in [2.45, 2.75) is 58.8 Å². The summed E-state index contributed by atoms with van der Waals surface area (Å²) in [5, 5.41) is 0.636. The topological polar surface area (TPSA) is 68.7 Å². The molecular weight excluding hydrogens is 487 g/mol. The van der Waals surface area contributed by atoms with Crippen LogP contribution in [0.1, 0.15) is 60.4 Å². The van der Waals surface area contributed by atoms with E-state index in [9.17, 15) is 14.0 Å². The predicted octanol–water partition coefficient (Wildman–Crippen LogP) is 6.90. The van der Waals surface area contributed by atoms with Crippen LogP contribution in [0.5, 0.6) is 11.5 Å². The Morgan fingerprint density at radius 2 is 1.57 bits per heavy atom. The van der Waals surface area contributed by atoms with E-state index in [-0.39, 0.29) is 30.1 Å². The maximum atomic E-state index is 13.9. The van der Waals surface area contributed by atoms with Crippen LogP contribution in [0.4, 0.5) is 4.39 Å². The first-order valence-corrected chi connectivity index (χ1v) is 15.4. The third-order valence-electron chi connectivity index (χ3n) is 7.12. The smallest absolute Gasteiger partial charge is 0.265 e. The second-order valence-electron chi connectivity index (χ2n) is 9.17. The lowest BCUT2D eigenvalue weighted by molar-refractivity contribution is 0.0641. The van der Waals surface area contributed by atoms with Crippen LogP contribution in [0.2, 0.25) is 18.1 Å². The summed E-state index contributed by atoms with van der Waals surface area (Å²) in [6.45, 7) is 8.63. The van der Waals surface area contributed by atoms with Crippen LogP contribution in [0.3, 0.4) is 0 Å². The van der Waals surface area contributed by atoms with E-state index in [0.717, 1.165) is 24.6 Å². The van der Waals surface area contributed by atoms with Gasteiger partial charge in [-0.1, -0.05) is 52.0 Å². The van der Waals surface area contributed by atoms with Gasteiger partial charge in [-0.15, -0.1) is 0 Å². The quantitative estimate of drug-likeness (QED) is 0.156. The average Bonchev–Trinajstić information content (AvgIpc) is 3.16. The van der Waals surface area contributed by atoms with Crippen LogP contribution in [0.15, 0.2) is 54.7 Å². The average molecular weight is 521 g/mol. The molecule has 0 radical (unpaired) electrons. The number of halogens is 1. The predicted molar refractivity (Wildman–Crippen MR) is 145 cm³/mol. The molecule has 194 valence electrons. The van der Waals surface area contributed by atoms with Gasteiger partial charge in [0.2, 0.25) is 0 Å². The zero-order valence-electron chi connectivity index (χ0n) is 21.8. The molecule has 0 N–H and O–H groups in total. The van der Waals surface area contributed by atoms with E-state index in [0.29, 0.717) is 28.0 Å². The Hall–Kier alpha value is -3.52. The lowest BCUT2D eigenvalue weighted by Crippen LogP contribution is -2.40. The molecule has 2 heterocycles. The molecule has 0 spiro atoms. The van der Waals surface area contributed by atoms with Crippen LogP contribution in [-0.4, -0.2) is 36.6 Å². The molecule has 0 aliphatic carbocycles. The number of aromatic nitrogens is 1. The number of amides is 2. The minimum absolute atomic E-state index is 0.0168. The fourth-order valence-corrected chi connectivity index (χ4v) is 7.30. The van der Waals surface area contributed by atoms with Gasteiger partial charge < -0.3 is 9.16 Å². The molecular formula is C29H33FN2O4Si. The Morgan fingerprint density at radius 1 is 0.919 bits per heavy atom. The number of pyridine rings is 1. The van der Waals surface area contributed by atoms with Crippen molar-refractivity contribution in [3.63, 3.8) is 0 Å². The number of carbonyl (C=O) groups excluding carboxylic acids is 2. The van der Waals surface area contributed by atoms with Gasteiger partial charge in [0.15, 0.2) is 0 Å². The van der Waals surface area contributed by atoms with Gasteiger partial charge in [0.05, 0.1) is 17.7 Å². The molecule has 3 aromatic rings. The van der Waals surface area contributed by atoms with Gasteiger partial charge in [0, 0.05) is 11.6 Å². The molecule has 1 aliphatic rings. The lowest BCUT2D eigenvalue weighted by Gasteiger charge is -2.30. The highest BCUT2D eigenvalue weighted by atomic mass is 28.4. The Balaban J connectivity index is 1.92. The second kappa shape index (κ2) is 11.3. The van der Waals surface area contributed by atoms with Gasteiger partial charge in [0.25, 0.3) is 20.1 Å². The molecule has 4 rings (SSSR count). The first-order chi connectivity index (χ1) is 17.9. The van der Waals surface area contributed by atoms with E-state index in [4.69, 9.17) is 9.16 Å². The van der Waals surface area contributed by atoms with Crippen molar-refractivity contribution >= 4 is 31.0 Å². The summed E-state index contributed by atoms with van der Waals surface area (Å²) in [5.74, 6) is -0.574. The van der Waals surface area contributed by atoms with Crippen LogP contribution < -0.4 is 9.16 Å². The van der Waals surface area contributed by atoms with E-state index in [2.05, 4.69) is 25.8 Å². The molecule has 2 aromatic carbocycles. The second-order valence-corrected chi connectivity index (χ2v) is 13.9. The Labute approximate surface area is 218 Å². The van der Waals surface area contributed by atoms with Gasteiger partial charge in [-0.2, -0.15) is 0 Å². The number of carbonyl (C=O) groups is 2. The minimum Gasteiger partial charge on any atom is -0.541 e. The summed E-state index contributed by atoms with van der Waals surface area (Å²) in [7, 11) is -2.24. The molecule has 37 heavy (non-hydrogen) atoms. The van der Waals surface area contributed by atoms with Gasteiger partial charge in [0.1, 0.15) is 29.4 Å². The summed E-state index contributed by atoms with van der Waals surface area (Å²) in [5.41, 5.74) is 1.58. The number of hydrogen-bond acceptors (Lipinski definition) is 5. The number of nitrogens with zero attached hydrogens (tertiary/aromatic N) is 2. The molecule has 1 aliphatic heterocycles. The lowest BCUT2D eigenvalue weighted by atomic mass is 10.0. The van der Waals surface area contributed by atoms with Crippen molar-refractivity contribution in [3.05, 3.63) is 77.3 Å². The number of ether oxygens (including phenoxy) is 1. The molecule has 0 unspecified atom stereocenters. The summed E-state index contributed by atoms with van der Waals surface area (Å²) in [6, 6.07) is 12.0. The molecule has 0 saturated heterocycles. The molecule has 0 bridgehead atoms. The first-order valence-electron chi connectivity index (χ1n) is 12.9. The minimum atomic E-state index is -2.24. The zero-order valence-corrected chi connectivity index (χ0v) is 22.8. The monoisotopic (exact) mass is 520 g/mol. The van der Waals surface area contributed by atoms with Crippen LogP contribution in [-0.2, 0) is 6.54 Å². The van der Waals surface area contributed by atoms with Gasteiger partial charge >= 0.3 is 0 Å². The summed E-state index contributed by atoms with van der Waals surface area (Å²) >= 11 is 0. The van der Waals surface area contributed by atoms with Crippen molar-refractivity contribution in [1.29, 1.82) is 0 Å². The number of rotatable bonds is 11. The third-order valence-corrected chi connectivity index (χ3v) is 11.6. The van der Waals surface area contributed by atoms with E-state index in [1.54, 1.807) is 24.4 Å². The summed E-state index contributed by atoms with van der Waals surface area (Å²) < 4.78 is 26.4. The van der Waals surface area contributed by atoms with Crippen molar-refractivity contribution in [3.8, 4) is 11.5 Å². The highest BCUT2D eigenvalue weighted by molar-refractivity contribution is 6.74. The molecule has 6 nitrogen and oxygen atoms in total. The third kappa shape index (κ3) is 5.03. The number of imide groups is 1. The largest absolute Gasteiger partial charge is 0.541 e. The zero-order chi connectivity index (χ0) is 26.6. The van der Waals surface area contributed by atoms with Gasteiger partial charge in [-0.05, 0) is 54.4 Å². The van der Waals surface area contributed by atoms with Crippen molar-refractivity contribution in [2.24, 2.45) is 0 Å². The van der Waals surface area contributed by atoms with Crippen molar-refractivity contribution < 1.29 is 23.1 Å². The van der Waals surface area contributed by atoms with Crippen LogP contribution >= 0.6 is 0 Å². The van der Waals surface area contributed by atoms with E-state index in [1.807, 2.05) is 25.1 Å². The fourth-order valence-electron chi connectivity index (χ4n) is 4.73.